The first kappa shape index (κ1) is 15.0. The first-order valence-corrected chi connectivity index (χ1v) is 6.98. The molecule has 0 aliphatic rings. The molecular weight excluding hydrogens is 273 g/mol. The van der Waals surface area contributed by atoms with E-state index in [4.69, 9.17) is 17.3 Å². The van der Waals surface area contributed by atoms with E-state index in [1.807, 2.05) is 20.8 Å². The van der Waals surface area contributed by atoms with Gasteiger partial charge >= 0.3 is 0 Å². The van der Waals surface area contributed by atoms with E-state index < -0.39 is 5.54 Å². The lowest BCUT2D eigenvalue weighted by atomic mass is 9.83. The monoisotopic (exact) mass is 291 g/mol. The van der Waals surface area contributed by atoms with Gasteiger partial charge in [-0.05, 0) is 62.1 Å². The third-order valence-corrected chi connectivity index (χ3v) is 3.94. The molecule has 1 atom stereocenters. The van der Waals surface area contributed by atoms with Crippen LogP contribution in [-0.2, 0) is 12.0 Å². The van der Waals surface area contributed by atoms with E-state index in [-0.39, 0.29) is 5.82 Å². The number of halogens is 2. The molecule has 0 aromatic heterocycles. The van der Waals surface area contributed by atoms with Gasteiger partial charge in [0, 0.05) is 10.6 Å². The van der Waals surface area contributed by atoms with Gasteiger partial charge in [0.05, 0.1) is 0 Å². The maximum absolute atomic E-state index is 13.4. The predicted molar refractivity (Wildman–Crippen MR) is 82.6 cm³/mol. The highest BCUT2D eigenvalue weighted by atomic mass is 35.5. The molecule has 3 heteroatoms. The topological polar surface area (TPSA) is 26.0 Å². The summed E-state index contributed by atoms with van der Waals surface area (Å²) in [5.41, 5.74) is 9.98. The van der Waals surface area contributed by atoms with E-state index in [1.165, 1.54) is 12.1 Å². The second kappa shape index (κ2) is 5.55. The minimum Gasteiger partial charge on any atom is -0.321 e. The van der Waals surface area contributed by atoms with Crippen molar-refractivity contribution in [3.05, 3.63) is 69.5 Å². The number of nitrogens with two attached hydrogens (primary N) is 1. The van der Waals surface area contributed by atoms with Crippen LogP contribution in [0.4, 0.5) is 4.39 Å². The Bertz CT molecular complexity index is 635. The molecule has 20 heavy (non-hydrogen) atoms. The van der Waals surface area contributed by atoms with Gasteiger partial charge in [0.15, 0.2) is 0 Å². The highest BCUT2D eigenvalue weighted by Crippen LogP contribution is 2.29. The van der Waals surface area contributed by atoms with Gasteiger partial charge in [-0.1, -0.05) is 35.4 Å². The molecule has 0 saturated heterocycles. The molecule has 0 heterocycles. The summed E-state index contributed by atoms with van der Waals surface area (Å²) in [6.45, 7) is 6.03. The Morgan fingerprint density at radius 2 is 1.85 bits per heavy atom. The van der Waals surface area contributed by atoms with Crippen molar-refractivity contribution in [3.63, 3.8) is 0 Å². The van der Waals surface area contributed by atoms with Crippen LogP contribution in [0.5, 0.6) is 0 Å². The molecule has 0 saturated carbocycles. The first-order chi connectivity index (χ1) is 9.29. The average molecular weight is 292 g/mol. The van der Waals surface area contributed by atoms with Crippen molar-refractivity contribution in [2.45, 2.75) is 32.7 Å². The Labute approximate surface area is 124 Å². The number of rotatable bonds is 3. The minimum atomic E-state index is -0.590. The summed E-state index contributed by atoms with van der Waals surface area (Å²) in [4.78, 5) is 0. The van der Waals surface area contributed by atoms with Gasteiger partial charge in [-0.25, -0.2) is 4.39 Å². The summed E-state index contributed by atoms with van der Waals surface area (Å²) in [6, 6.07) is 10.6. The third-order valence-electron chi connectivity index (χ3n) is 3.57. The summed E-state index contributed by atoms with van der Waals surface area (Å²) < 4.78 is 13.4. The Kier molecular flexibility index (Phi) is 4.17. The quantitative estimate of drug-likeness (QED) is 0.884. The van der Waals surface area contributed by atoms with Crippen LogP contribution in [0.15, 0.2) is 36.4 Å². The molecule has 2 aromatic rings. The van der Waals surface area contributed by atoms with E-state index in [0.29, 0.717) is 11.4 Å². The molecular formula is C17H19ClFN. The van der Waals surface area contributed by atoms with Crippen LogP contribution in [0.3, 0.4) is 0 Å². The van der Waals surface area contributed by atoms with Gasteiger partial charge in [0.1, 0.15) is 5.82 Å². The molecule has 0 aliphatic carbocycles. The van der Waals surface area contributed by atoms with Crippen molar-refractivity contribution in [1.29, 1.82) is 0 Å². The van der Waals surface area contributed by atoms with Crippen molar-refractivity contribution in [2.75, 3.05) is 0 Å². The van der Waals surface area contributed by atoms with Gasteiger partial charge < -0.3 is 5.73 Å². The summed E-state index contributed by atoms with van der Waals surface area (Å²) in [5, 5.41) is 0.549. The zero-order valence-corrected chi connectivity index (χ0v) is 12.8. The summed E-state index contributed by atoms with van der Waals surface area (Å²) in [5.74, 6) is -0.291. The Balaban J connectivity index is 2.40. The van der Waals surface area contributed by atoms with Crippen molar-refractivity contribution < 1.29 is 4.39 Å². The lowest BCUT2D eigenvalue weighted by Gasteiger charge is -2.28. The molecule has 0 amide bonds. The smallest absolute Gasteiger partial charge is 0.123 e. The highest BCUT2D eigenvalue weighted by molar-refractivity contribution is 6.31. The lowest BCUT2D eigenvalue weighted by molar-refractivity contribution is 0.486. The molecule has 0 spiro atoms. The standard InChI is InChI=1S/C17H19ClFN/c1-11-4-5-12(2)15(8-11)17(3,20)10-13-9-14(19)6-7-16(13)18/h4-9H,10,20H2,1-3H3. The summed E-state index contributed by atoms with van der Waals surface area (Å²) >= 11 is 6.14. The second-order valence-electron chi connectivity index (χ2n) is 5.65. The van der Waals surface area contributed by atoms with Crippen LogP contribution in [-0.4, -0.2) is 0 Å². The SMILES string of the molecule is Cc1ccc(C)c(C(C)(N)Cc2cc(F)ccc2Cl)c1. The van der Waals surface area contributed by atoms with E-state index in [2.05, 4.69) is 18.2 Å². The first-order valence-electron chi connectivity index (χ1n) is 6.60. The van der Waals surface area contributed by atoms with Gasteiger partial charge in [-0.15, -0.1) is 0 Å². The highest BCUT2D eigenvalue weighted by Gasteiger charge is 2.25. The zero-order valence-electron chi connectivity index (χ0n) is 12.0. The second-order valence-corrected chi connectivity index (χ2v) is 6.06. The molecule has 1 unspecified atom stereocenters. The van der Waals surface area contributed by atoms with Crippen LogP contribution < -0.4 is 5.73 Å². The summed E-state index contributed by atoms with van der Waals surface area (Å²) in [7, 11) is 0. The van der Waals surface area contributed by atoms with Gasteiger partial charge in [-0.2, -0.15) is 0 Å². The number of aryl methyl sites for hydroxylation is 2. The normalized spacial score (nSPS) is 14.1. The van der Waals surface area contributed by atoms with Gasteiger partial charge in [-0.3, -0.25) is 0 Å². The van der Waals surface area contributed by atoms with Crippen LogP contribution in [0.2, 0.25) is 5.02 Å². The van der Waals surface area contributed by atoms with Gasteiger partial charge in [0.2, 0.25) is 0 Å². The van der Waals surface area contributed by atoms with Crippen LogP contribution >= 0.6 is 11.6 Å². The van der Waals surface area contributed by atoms with E-state index in [0.717, 1.165) is 22.3 Å². The molecule has 0 fully saturated rings. The number of hydrogen-bond acceptors (Lipinski definition) is 1. The number of benzene rings is 2. The average Bonchev–Trinajstić information content (AvgIpc) is 2.36. The fourth-order valence-corrected chi connectivity index (χ4v) is 2.71. The largest absolute Gasteiger partial charge is 0.321 e. The van der Waals surface area contributed by atoms with Crippen molar-refractivity contribution >= 4 is 11.6 Å². The maximum Gasteiger partial charge on any atom is 0.123 e. The van der Waals surface area contributed by atoms with E-state index >= 15 is 0 Å². The molecule has 0 aliphatic heterocycles. The summed E-state index contributed by atoms with van der Waals surface area (Å²) in [6.07, 6.45) is 0.494. The molecule has 2 aromatic carbocycles. The Morgan fingerprint density at radius 1 is 1.15 bits per heavy atom. The number of hydrogen-bond donors (Lipinski definition) is 1. The molecule has 0 bridgehead atoms. The van der Waals surface area contributed by atoms with Crippen molar-refractivity contribution in [2.24, 2.45) is 5.73 Å². The van der Waals surface area contributed by atoms with Crippen LogP contribution in [0, 0.1) is 19.7 Å². The molecule has 1 nitrogen and oxygen atoms in total. The van der Waals surface area contributed by atoms with Crippen LogP contribution in [0.1, 0.15) is 29.2 Å². The minimum absolute atomic E-state index is 0.291. The predicted octanol–water partition coefficient (Wildman–Crippen LogP) is 4.51. The fraction of sp³-hybridized carbons (Fsp3) is 0.294. The zero-order chi connectivity index (χ0) is 14.9. The lowest BCUT2D eigenvalue weighted by Crippen LogP contribution is -2.36. The molecule has 0 radical (unpaired) electrons. The van der Waals surface area contributed by atoms with Crippen molar-refractivity contribution in [1.82, 2.24) is 0 Å². The Hall–Kier alpha value is -1.38. The molecule has 106 valence electrons. The third kappa shape index (κ3) is 3.20. The van der Waals surface area contributed by atoms with E-state index in [9.17, 15) is 4.39 Å². The van der Waals surface area contributed by atoms with Crippen LogP contribution in [0.25, 0.3) is 0 Å². The fourth-order valence-electron chi connectivity index (χ4n) is 2.52. The van der Waals surface area contributed by atoms with E-state index in [1.54, 1.807) is 6.07 Å². The van der Waals surface area contributed by atoms with Crippen molar-refractivity contribution in [3.8, 4) is 0 Å². The Morgan fingerprint density at radius 3 is 2.55 bits per heavy atom. The van der Waals surface area contributed by atoms with Gasteiger partial charge in [0.25, 0.3) is 0 Å². The molecule has 2 rings (SSSR count). The maximum atomic E-state index is 13.4. The molecule has 2 N–H and O–H groups in total.